The van der Waals surface area contributed by atoms with Crippen LogP contribution in [0.4, 0.5) is 8.78 Å². The van der Waals surface area contributed by atoms with Gasteiger partial charge >= 0.3 is 0 Å². The van der Waals surface area contributed by atoms with E-state index in [1.165, 1.54) is 41.1 Å². The molecule has 0 saturated heterocycles. The Morgan fingerprint density at radius 1 is 1.00 bits per heavy atom. The molecule has 4 aromatic rings. The van der Waals surface area contributed by atoms with E-state index in [4.69, 9.17) is 4.74 Å². The fourth-order valence-electron chi connectivity index (χ4n) is 3.17. The Kier molecular flexibility index (Phi) is 6.63. The van der Waals surface area contributed by atoms with Gasteiger partial charge in [0.1, 0.15) is 29.3 Å². The SMILES string of the molecule is Cc1nnnn1C(Cc1ccc(F)cc1)C(=O)NCc1ccc(Oc2ccc(F)cc2)nc1. The molecule has 0 saturated carbocycles. The summed E-state index contributed by atoms with van der Waals surface area (Å²) < 4.78 is 33.3. The minimum absolute atomic E-state index is 0.226. The van der Waals surface area contributed by atoms with Gasteiger partial charge in [0.15, 0.2) is 0 Å². The lowest BCUT2D eigenvalue weighted by Gasteiger charge is -2.17. The number of tetrazole rings is 1. The standard InChI is InChI=1S/C23H20F2N6O2/c1-15-28-29-30-31(15)21(12-16-2-5-18(24)6-3-16)23(32)27-14-17-4-11-22(26-13-17)33-20-9-7-19(25)8-10-20/h2-11,13,21H,12,14H2,1H3,(H,27,32). The highest BCUT2D eigenvalue weighted by molar-refractivity contribution is 5.80. The highest BCUT2D eigenvalue weighted by atomic mass is 19.1. The molecule has 0 bridgehead atoms. The van der Waals surface area contributed by atoms with Crippen LogP contribution < -0.4 is 10.1 Å². The predicted octanol–water partition coefficient (Wildman–Crippen LogP) is 3.55. The summed E-state index contributed by atoms with van der Waals surface area (Å²) in [6.07, 6.45) is 1.87. The van der Waals surface area contributed by atoms with Crippen molar-refractivity contribution >= 4 is 5.91 Å². The number of hydrogen-bond donors (Lipinski definition) is 1. The zero-order valence-electron chi connectivity index (χ0n) is 17.7. The summed E-state index contributed by atoms with van der Waals surface area (Å²) in [4.78, 5) is 17.2. The fraction of sp³-hybridized carbons (Fsp3) is 0.174. The number of hydrogen-bond acceptors (Lipinski definition) is 6. The van der Waals surface area contributed by atoms with Gasteiger partial charge in [-0.1, -0.05) is 18.2 Å². The Morgan fingerprint density at radius 2 is 1.67 bits per heavy atom. The van der Waals surface area contributed by atoms with Crippen LogP contribution in [0.5, 0.6) is 11.6 Å². The van der Waals surface area contributed by atoms with E-state index in [1.54, 1.807) is 37.4 Å². The molecule has 0 radical (unpaired) electrons. The summed E-state index contributed by atoms with van der Waals surface area (Å²) >= 11 is 0. The molecule has 0 fully saturated rings. The molecule has 2 aromatic heterocycles. The lowest BCUT2D eigenvalue weighted by molar-refractivity contribution is -0.124. The van der Waals surface area contributed by atoms with Crippen LogP contribution in [0.2, 0.25) is 0 Å². The average Bonchev–Trinajstić information content (AvgIpc) is 3.25. The maximum Gasteiger partial charge on any atom is 0.245 e. The maximum atomic E-state index is 13.2. The van der Waals surface area contributed by atoms with Crippen molar-refractivity contribution in [1.29, 1.82) is 0 Å². The van der Waals surface area contributed by atoms with Gasteiger partial charge < -0.3 is 10.1 Å². The van der Waals surface area contributed by atoms with E-state index < -0.39 is 6.04 Å². The van der Waals surface area contributed by atoms with Crippen LogP contribution in [0.1, 0.15) is 23.0 Å². The zero-order chi connectivity index (χ0) is 23.2. The number of nitrogens with zero attached hydrogens (tertiary/aromatic N) is 5. The highest BCUT2D eigenvalue weighted by Gasteiger charge is 2.24. The number of rotatable bonds is 8. The molecule has 4 rings (SSSR count). The lowest BCUT2D eigenvalue weighted by atomic mass is 10.0. The van der Waals surface area contributed by atoms with E-state index in [0.29, 0.717) is 23.9 Å². The van der Waals surface area contributed by atoms with Crippen molar-refractivity contribution in [2.75, 3.05) is 0 Å². The number of amides is 1. The number of benzene rings is 2. The van der Waals surface area contributed by atoms with Gasteiger partial charge in [-0.2, -0.15) is 0 Å². The van der Waals surface area contributed by atoms with E-state index in [1.807, 2.05) is 0 Å². The largest absolute Gasteiger partial charge is 0.439 e. The van der Waals surface area contributed by atoms with Gasteiger partial charge in [0.25, 0.3) is 0 Å². The Hall–Kier alpha value is -4.21. The molecule has 1 atom stereocenters. The first-order valence-electron chi connectivity index (χ1n) is 10.1. The van der Waals surface area contributed by atoms with Crippen LogP contribution in [0, 0.1) is 18.6 Å². The first-order valence-corrected chi connectivity index (χ1v) is 10.1. The Morgan fingerprint density at radius 3 is 2.27 bits per heavy atom. The van der Waals surface area contributed by atoms with Gasteiger partial charge in [-0.3, -0.25) is 4.79 Å². The normalized spacial score (nSPS) is 11.7. The molecule has 0 aliphatic carbocycles. The highest BCUT2D eigenvalue weighted by Crippen LogP contribution is 2.20. The first kappa shape index (κ1) is 22.0. The molecule has 1 N–H and O–H groups in total. The number of aromatic nitrogens is 5. The second kappa shape index (κ2) is 9.94. The summed E-state index contributed by atoms with van der Waals surface area (Å²) in [5.74, 6) is 0.303. The number of carbonyl (C=O) groups excluding carboxylic acids is 1. The molecular formula is C23H20F2N6O2. The quantitative estimate of drug-likeness (QED) is 0.441. The number of halogens is 2. The Labute approximate surface area is 188 Å². The van der Waals surface area contributed by atoms with Crippen molar-refractivity contribution < 1.29 is 18.3 Å². The third-order valence-electron chi connectivity index (χ3n) is 4.90. The third-order valence-corrected chi connectivity index (χ3v) is 4.90. The summed E-state index contributed by atoms with van der Waals surface area (Å²) in [6.45, 7) is 1.93. The minimum atomic E-state index is -0.709. The van der Waals surface area contributed by atoms with Gasteiger partial charge in [0, 0.05) is 25.2 Å². The topological polar surface area (TPSA) is 94.8 Å². The van der Waals surface area contributed by atoms with Crippen molar-refractivity contribution in [2.45, 2.75) is 25.9 Å². The zero-order valence-corrected chi connectivity index (χ0v) is 17.7. The molecule has 0 aliphatic heterocycles. The fourth-order valence-corrected chi connectivity index (χ4v) is 3.17. The number of carbonyl (C=O) groups is 1. The van der Waals surface area contributed by atoms with Crippen LogP contribution in [-0.2, 0) is 17.8 Å². The van der Waals surface area contributed by atoms with E-state index in [2.05, 4.69) is 25.8 Å². The molecular weight excluding hydrogens is 430 g/mol. The predicted molar refractivity (Wildman–Crippen MR) is 114 cm³/mol. The van der Waals surface area contributed by atoms with Crippen molar-refractivity contribution in [3.05, 3.63) is 95.4 Å². The molecule has 10 heteroatoms. The van der Waals surface area contributed by atoms with E-state index in [-0.39, 0.29) is 24.1 Å². The van der Waals surface area contributed by atoms with Crippen LogP contribution in [0.3, 0.4) is 0 Å². The molecule has 1 unspecified atom stereocenters. The number of aryl methyl sites for hydroxylation is 1. The molecule has 8 nitrogen and oxygen atoms in total. The van der Waals surface area contributed by atoms with Crippen LogP contribution >= 0.6 is 0 Å². The number of pyridine rings is 1. The second-order valence-corrected chi connectivity index (χ2v) is 7.30. The average molecular weight is 450 g/mol. The van der Waals surface area contributed by atoms with Crippen LogP contribution in [0.15, 0.2) is 66.9 Å². The van der Waals surface area contributed by atoms with Crippen molar-refractivity contribution in [3.63, 3.8) is 0 Å². The van der Waals surface area contributed by atoms with E-state index >= 15 is 0 Å². The lowest BCUT2D eigenvalue weighted by Crippen LogP contribution is -2.34. The summed E-state index contributed by atoms with van der Waals surface area (Å²) in [5, 5.41) is 14.3. The second-order valence-electron chi connectivity index (χ2n) is 7.30. The summed E-state index contributed by atoms with van der Waals surface area (Å²) in [6, 6.07) is 14.3. The van der Waals surface area contributed by atoms with Gasteiger partial charge in [-0.15, -0.1) is 5.10 Å². The summed E-state index contributed by atoms with van der Waals surface area (Å²) in [7, 11) is 0. The molecule has 2 aromatic carbocycles. The number of ether oxygens (including phenoxy) is 1. The van der Waals surface area contributed by atoms with E-state index in [9.17, 15) is 13.6 Å². The number of nitrogens with one attached hydrogen (secondary N) is 1. The molecule has 2 heterocycles. The van der Waals surface area contributed by atoms with Crippen LogP contribution in [0.25, 0.3) is 0 Å². The minimum Gasteiger partial charge on any atom is -0.439 e. The Bertz CT molecular complexity index is 1210. The van der Waals surface area contributed by atoms with Crippen molar-refractivity contribution in [3.8, 4) is 11.6 Å². The summed E-state index contributed by atoms with van der Waals surface area (Å²) in [5.41, 5.74) is 1.53. The van der Waals surface area contributed by atoms with Gasteiger partial charge in [-0.25, -0.2) is 18.4 Å². The van der Waals surface area contributed by atoms with Gasteiger partial charge in [0.05, 0.1) is 0 Å². The molecule has 168 valence electrons. The molecule has 0 aliphatic rings. The molecule has 1 amide bonds. The van der Waals surface area contributed by atoms with Crippen molar-refractivity contribution in [1.82, 2.24) is 30.5 Å². The monoisotopic (exact) mass is 450 g/mol. The maximum absolute atomic E-state index is 13.2. The van der Waals surface area contributed by atoms with Gasteiger partial charge in [0.2, 0.25) is 11.8 Å². The first-order chi connectivity index (χ1) is 16.0. The van der Waals surface area contributed by atoms with Gasteiger partial charge in [-0.05, 0) is 64.9 Å². The van der Waals surface area contributed by atoms with E-state index in [0.717, 1.165) is 11.1 Å². The van der Waals surface area contributed by atoms with Crippen LogP contribution in [-0.4, -0.2) is 31.1 Å². The molecule has 33 heavy (non-hydrogen) atoms. The third kappa shape index (κ3) is 5.73. The van der Waals surface area contributed by atoms with Crippen molar-refractivity contribution in [2.24, 2.45) is 0 Å². The smallest absolute Gasteiger partial charge is 0.245 e. The molecule has 0 spiro atoms. The Balaban J connectivity index is 1.40.